The van der Waals surface area contributed by atoms with E-state index in [1.807, 2.05) is 6.92 Å². The maximum Gasteiger partial charge on any atom is 0.471 e. The summed E-state index contributed by atoms with van der Waals surface area (Å²) in [7, 11) is 0. The highest BCUT2D eigenvalue weighted by atomic mass is 19.4. The second kappa shape index (κ2) is 7.48. The van der Waals surface area contributed by atoms with Crippen molar-refractivity contribution in [3.05, 3.63) is 28.3 Å². The first-order valence-corrected chi connectivity index (χ1v) is 9.40. The molecule has 1 aromatic rings. The molecule has 0 N–H and O–H groups in total. The van der Waals surface area contributed by atoms with Gasteiger partial charge in [0.25, 0.3) is 0 Å². The minimum atomic E-state index is -5.03. The zero-order chi connectivity index (χ0) is 20.7. The van der Waals surface area contributed by atoms with Gasteiger partial charge in [-0.25, -0.2) is 0 Å². The summed E-state index contributed by atoms with van der Waals surface area (Å²) in [6.45, 7) is 2.31. The van der Waals surface area contributed by atoms with Crippen LogP contribution in [0.1, 0.15) is 42.0 Å². The summed E-state index contributed by atoms with van der Waals surface area (Å²) in [5, 5.41) is 0. The first kappa shape index (κ1) is 20.8. The zero-order valence-electron chi connectivity index (χ0n) is 15.5. The van der Waals surface area contributed by atoms with Gasteiger partial charge in [-0.1, -0.05) is 13.0 Å². The average Bonchev–Trinajstić information content (AvgIpc) is 2.80. The van der Waals surface area contributed by atoms with E-state index in [-0.39, 0.29) is 37.2 Å². The quantitative estimate of drug-likeness (QED) is 0.679. The Hall–Kier alpha value is -1.93. The number of carbonyl (C=O) groups is 1. The summed E-state index contributed by atoms with van der Waals surface area (Å²) >= 11 is 0. The predicted molar refractivity (Wildman–Crippen MR) is 92.3 cm³/mol. The summed E-state index contributed by atoms with van der Waals surface area (Å²) < 4.78 is 80.5. The normalized spacial score (nSPS) is 17.8. The Morgan fingerprint density at radius 2 is 1.68 bits per heavy atom. The Morgan fingerprint density at radius 3 is 2.29 bits per heavy atom. The Balaban J connectivity index is 2.07. The van der Waals surface area contributed by atoms with E-state index in [1.54, 1.807) is 11.0 Å². The second-order valence-corrected chi connectivity index (χ2v) is 7.28. The molecule has 0 saturated carbocycles. The summed E-state index contributed by atoms with van der Waals surface area (Å²) in [5.41, 5.74) is 0.486. The molecule has 0 unspecified atom stereocenters. The van der Waals surface area contributed by atoms with Crippen LogP contribution in [0.25, 0.3) is 0 Å². The van der Waals surface area contributed by atoms with E-state index >= 15 is 0 Å². The smallest absolute Gasteiger partial charge is 0.371 e. The van der Waals surface area contributed by atoms with E-state index in [2.05, 4.69) is 0 Å². The molecule has 156 valence electrons. The average molecular weight is 408 g/mol. The molecule has 1 aromatic carbocycles. The molecule has 2 heterocycles. The molecular formula is C19H22F6N2O. The van der Waals surface area contributed by atoms with Crippen molar-refractivity contribution in [1.29, 1.82) is 0 Å². The molecule has 3 rings (SSSR count). The first-order valence-electron chi connectivity index (χ1n) is 9.40. The molecule has 28 heavy (non-hydrogen) atoms. The molecule has 2 aliphatic heterocycles. The summed E-state index contributed by atoms with van der Waals surface area (Å²) in [5.74, 6) is -1.99. The number of anilines is 1. The third-order valence-electron chi connectivity index (χ3n) is 5.36. The number of amides is 1. The number of carbonyl (C=O) groups excluding carboxylic acids is 1. The van der Waals surface area contributed by atoms with E-state index in [0.29, 0.717) is 42.0 Å². The molecule has 1 amide bonds. The number of rotatable bonds is 2. The van der Waals surface area contributed by atoms with E-state index in [0.717, 1.165) is 6.42 Å². The maximum absolute atomic E-state index is 14.1. The van der Waals surface area contributed by atoms with Crippen LogP contribution in [0, 0.1) is 0 Å². The largest absolute Gasteiger partial charge is 0.471 e. The number of hydrogen-bond donors (Lipinski definition) is 0. The van der Waals surface area contributed by atoms with Gasteiger partial charge < -0.3 is 9.80 Å². The minimum Gasteiger partial charge on any atom is -0.371 e. The first-order chi connectivity index (χ1) is 13.0. The summed E-state index contributed by atoms with van der Waals surface area (Å²) in [6.07, 6.45) is -7.94. The van der Waals surface area contributed by atoms with Gasteiger partial charge in [-0.3, -0.25) is 4.79 Å². The van der Waals surface area contributed by atoms with Crippen LogP contribution in [0.2, 0.25) is 0 Å². The summed E-state index contributed by atoms with van der Waals surface area (Å²) in [6, 6.07) is 1.71. The lowest BCUT2D eigenvalue weighted by Gasteiger charge is -2.35. The van der Waals surface area contributed by atoms with Gasteiger partial charge in [-0.15, -0.1) is 0 Å². The Kier molecular flexibility index (Phi) is 5.55. The van der Waals surface area contributed by atoms with Crippen molar-refractivity contribution in [1.82, 2.24) is 4.90 Å². The lowest BCUT2D eigenvalue weighted by atomic mass is 9.87. The standard InChI is InChI=1S/C19H22F6N2O/c1-2-7-26-8-3-4-13-11-12-5-9-27(17(28)19(23,24)25)10-6-14(12)15(16(13)26)18(20,21)22/h11H,2-10H2,1H3. The van der Waals surface area contributed by atoms with Crippen LogP contribution in [0.4, 0.5) is 32.0 Å². The fourth-order valence-electron chi connectivity index (χ4n) is 4.26. The van der Waals surface area contributed by atoms with Gasteiger partial charge in [-0.2, -0.15) is 26.3 Å². The highest BCUT2D eigenvalue weighted by Gasteiger charge is 2.44. The van der Waals surface area contributed by atoms with Gasteiger partial charge in [0, 0.05) is 26.2 Å². The lowest BCUT2D eigenvalue weighted by molar-refractivity contribution is -0.185. The van der Waals surface area contributed by atoms with Crippen LogP contribution in [-0.4, -0.2) is 43.2 Å². The van der Waals surface area contributed by atoms with E-state index in [4.69, 9.17) is 0 Å². The number of alkyl halides is 6. The van der Waals surface area contributed by atoms with Gasteiger partial charge in [-0.05, 0) is 48.8 Å². The number of aryl methyl sites for hydroxylation is 1. The molecule has 0 atom stereocenters. The highest BCUT2D eigenvalue weighted by Crippen LogP contribution is 2.45. The third-order valence-corrected chi connectivity index (χ3v) is 5.36. The Morgan fingerprint density at radius 1 is 1.00 bits per heavy atom. The van der Waals surface area contributed by atoms with E-state index < -0.39 is 23.8 Å². The van der Waals surface area contributed by atoms with E-state index in [9.17, 15) is 31.1 Å². The van der Waals surface area contributed by atoms with Gasteiger partial charge in [0.1, 0.15) is 0 Å². The van der Waals surface area contributed by atoms with Crippen LogP contribution in [0.3, 0.4) is 0 Å². The van der Waals surface area contributed by atoms with Crippen LogP contribution >= 0.6 is 0 Å². The molecule has 3 nitrogen and oxygen atoms in total. The van der Waals surface area contributed by atoms with Crippen LogP contribution < -0.4 is 4.90 Å². The SMILES string of the molecule is CCCN1CCCc2cc3c(c(C(F)(F)F)c21)CCN(C(=O)C(F)(F)F)CC3. The second-order valence-electron chi connectivity index (χ2n) is 7.28. The number of halogens is 6. The molecule has 0 bridgehead atoms. The predicted octanol–water partition coefficient (Wildman–Crippen LogP) is 4.36. The summed E-state index contributed by atoms with van der Waals surface area (Å²) in [4.78, 5) is 13.9. The fourth-order valence-corrected chi connectivity index (χ4v) is 4.26. The van der Waals surface area contributed by atoms with Crippen LogP contribution in [-0.2, 0) is 30.2 Å². The van der Waals surface area contributed by atoms with Crippen molar-refractivity contribution in [2.75, 3.05) is 31.1 Å². The molecule has 2 aliphatic rings. The monoisotopic (exact) mass is 408 g/mol. The number of hydrogen-bond acceptors (Lipinski definition) is 2. The van der Waals surface area contributed by atoms with Crippen molar-refractivity contribution in [3.8, 4) is 0 Å². The van der Waals surface area contributed by atoms with Crippen molar-refractivity contribution >= 4 is 11.6 Å². The molecule has 0 fully saturated rings. The maximum atomic E-state index is 14.1. The van der Waals surface area contributed by atoms with Crippen molar-refractivity contribution in [2.24, 2.45) is 0 Å². The number of benzene rings is 1. The molecular weight excluding hydrogens is 386 g/mol. The topological polar surface area (TPSA) is 23.6 Å². The lowest BCUT2D eigenvalue weighted by Crippen LogP contribution is -2.42. The minimum absolute atomic E-state index is 0.0126. The molecule has 0 saturated heterocycles. The molecule has 0 aliphatic carbocycles. The van der Waals surface area contributed by atoms with Crippen LogP contribution in [0.5, 0.6) is 0 Å². The molecule has 0 aromatic heterocycles. The molecule has 0 radical (unpaired) electrons. The molecule has 0 spiro atoms. The zero-order valence-corrected chi connectivity index (χ0v) is 15.5. The Bertz CT molecular complexity index is 756. The third kappa shape index (κ3) is 3.93. The van der Waals surface area contributed by atoms with Gasteiger partial charge in [0.05, 0.1) is 11.3 Å². The van der Waals surface area contributed by atoms with Crippen molar-refractivity contribution in [2.45, 2.75) is 51.4 Å². The Labute approximate surface area is 159 Å². The van der Waals surface area contributed by atoms with Crippen molar-refractivity contribution < 1.29 is 31.1 Å². The van der Waals surface area contributed by atoms with Gasteiger partial charge >= 0.3 is 18.3 Å². The van der Waals surface area contributed by atoms with Crippen molar-refractivity contribution in [3.63, 3.8) is 0 Å². The highest BCUT2D eigenvalue weighted by molar-refractivity contribution is 5.82. The molecule has 9 heteroatoms. The number of fused-ring (bicyclic) bond motifs is 2. The van der Waals surface area contributed by atoms with E-state index in [1.165, 1.54) is 0 Å². The van der Waals surface area contributed by atoms with Gasteiger partial charge in [0.15, 0.2) is 0 Å². The van der Waals surface area contributed by atoms with Gasteiger partial charge in [0.2, 0.25) is 0 Å². The number of nitrogens with zero attached hydrogens (tertiary/aromatic N) is 2. The van der Waals surface area contributed by atoms with Crippen LogP contribution in [0.15, 0.2) is 6.07 Å². The fraction of sp³-hybridized carbons (Fsp3) is 0.632.